The zero-order chi connectivity index (χ0) is 14.5. The van der Waals surface area contributed by atoms with Gasteiger partial charge in [0.2, 0.25) is 0 Å². The van der Waals surface area contributed by atoms with E-state index in [0.29, 0.717) is 11.3 Å². The van der Waals surface area contributed by atoms with Crippen LogP contribution < -0.4 is 5.32 Å². The summed E-state index contributed by atoms with van der Waals surface area (Å²) in [5, 5.41) is 3.03. The summed E-state index contributed by atoms with van der Waals surface area (Å²) in [5.74, 6) is 0.621. The molecule has 2 atom stereocenters. The second kappa shape index (κ2) is 7.53. The highest BCUT2D eigenvalue weighted by molar-refractivity contribution is 4.85. The van der Waals surface area contributed by atoms with Gasteiger partial charge in [0, 0.05) is 19.1 Å². The van der Waals surface area contributed by atoms with E-state index in [1.54, 1.807) is 0 Å². The van der Waals surface area contributed by atoms with Gasteiger partial charge in [-0.1, -0.05) is 27.7 Å². The zero-order valence-electron chi connectivity index (χ0n) is 12.9. The number of hydrogen-bond donors (Lipinski definition) is 1. The van der Waals surface area contributed by atoms with Crippen LogP contribution in [0.1, 0.15) is 47.0 Å². The number of nitrogens with zero attached hydrogens (tertiary/aromatic N) is 1. The number of piperidine rings is 1. The molecule has 114 valence electrons. The van der Waals surface area contributed by atoms with Gasteiger partial charge in [0.15, 0.2) is 0 Å². The molecular weight excluding hydrogens is 246 g/mol. The maximum Gasteiger partial charge on any atom is 0.250 e. The van der Waals surface area contributed by atoms with E-state index in [0.717, 1.165) is 32.5 Å². The van der Waals surface area contributed by atoms with E-state index in [2.05, 4.69) is 37.9 Å². The fourth-order valence-corrected chi connectivity index (χ4v) is 3.22. The molecule has 19 heavy (non-hydrogen) atoms. The third-order valence-electron chi connectivity index (χ3n) is 3.61. The van der Waals surface area contributed by atoms with Crippen LogP contribution in [0, 0.1) is 11.3 Å². The Balaban J connectivity index is 2.52. The fraction of sp³-hybridized carbons (Fsp3) is 1.00. The SMILES string of the molecule is CCCN1CC(CC(C)(C)C)CC(NCC(F)F)C1. The molecule has 0 radical (unpaired) electrons. The van der Waals surface area contributed by atoms with Gasteiger partial charge in [-0.25, -0.2) is 8.78 Å². The minimum Gasteiger partial charge on any atom is -0.307 e. The first-order chi connectivity index (χ1) is 8.80. The predicted octanol–water partition coefficient (Wildman–Crippen LogP) is 3.38. The van der Waals surface area contributed by atoms with Crippen LogP contribution in [0.4, 0.5) is 8.78 Å². The van der Waals surface area contributed by atoms with E-state index in [9.17, 15) is 8.78 Å². The standard InChI is InChI=1S/C15H30F2N2/c1-5-6-19-10-12(8-15(2,3)4)7-13(11-19)18-9-14(16)17/h12-14,18H,5-11H2,1-4H3. The number of alkyl halides is 2. The van der Waals surface area contributed by atoms with Gasteiger partial charge in [-0.3, -0.25) is 0 Å². The highest BCUT2D eigenvalue weighted by atomic mass is 19.3. The molecule has 1 heterocycles. The summed E-state index contributed by atoms with van der Waals surface area (Å²) in [6.45, 7) is 11.9. The highest BCUT2D eigenvalue weighted by Crippen LogP contribution is 2.30. The number of nitrogens with one attached hydrogen (secondary N) is 1. The first kappa shape index (κ1) is 16.8. The first-order valence-electron chi connectivity index (χ1n) is 7.54. The van der Waals surface area contributed by atoms with Crippen LogP contribution in [0.5, 0.6) is 0 Å². The summed E-state index contributed by atoms with van der Waals surface area (Å²) in [6, 6.07) is 0.224. The number of hydrogen-bond acceptors (Lipinski definition) is 2. The van der Waals surface area contributed by atoms with Crippen molar-refractivity contribution in [3.05, 3.63) is 0 Å². The van der Waals surface area contributed by atoms with E-state index in [1.807, 2.05) is 0 Å². The number of likely N-dealkylation sites (tertiary alicyclic amines) is 1. The molecule has 0 spiro atoms. The van der Waals surface area contributed by atoms with Crippen LogP contribution >= 0.6 is 0 Å². The molecule has 0 aromatic heterocycles. The third-order valence-corrected chi connectivity index (χ3v) is 3.61. The van der Waals surface area contributed by atoms with Crippen LogP contribution in [0.2, 0.25) is 0 Å². The lowest BCUT2D eigenvalue weighted by Gasteiger charge is -2.40. The molecule has 0 amide bonds. The van der Waals surface area contributed by atoms with Crippen LogP contribution in [0.25, 0.3) is 0 Å². The number of halogens is 2. The maximum absolute atomic E-state index is 12.3. The third kappa shape index (κ3) is 7.21. The van der Waals surface area contributed by atoms with Gasteiger partial charge in [0.05, 0.1) is 6.54 Å². The lowest BCUT2D eigenvalue weighted by Crippen LogP contribution is -2.50. The Labute approximate surface area is 116 Å². The minimum absolute atomic E-state index is 0.174. The number of rotatable bonds is 6. The molecule has 2 nitrogen and oxygen atoms in total. The van der Waals surface area contributed by atoms with Gasteiger partial charge in [-0.15, -0.1) is 0 Å². The summed E-state index contributed by atoms with van der Waals surface area (Å²) in [5.41, 5.74) is 0.313. The summed E-state index contributed by atoms with van der Waals surface area (Å²) in [4.78, 5) is 2.43. The molecule has 0 aliphatic carbocycles. The van der Waals surface area contributed by atoms with Crippen LogP contribution in [0.15, 0.2) is 0 Å². The normalized spacial score (nSPS) is 26.1. The molecule has 2 unspecified atom stereocenters. The second-order valence-electron chi connectivity index (χ2n) is 7.12. The molecule has 1 rings (SSSR count). The van der Waals surface area contributed by atoms with Gasteiger partial charge in [0.1, 0.15) is 0 Å². The van der Waals surface area contributed by atoms with Crippen molar-refractivity contribution in [3.8, 4) is 0 Å². The van der Waals surface area contributed by atoms with Crippen molar-refractivity contribution in [2.24, 2.45) is 11.3 Å². The average molecular weight is 276 g/mol. The average Bonchev–Trinajstić information content (AvgIpc) is 2.24. The van der Waals surface area contributed by atoms with Gasteiger partial charge in [-0.2, -0.15) is 0 Å². The van der Waals surface area contributed by atoms with Crippen molar-refractivity contribution < 1.29 is 8.78 Å². The van der Waals surface area contributed by atoms with Crippen molar-refractivity contribution >= 4 is 0 Å². The van der Waals surface area contributed by atoms with Crippen LogP contribution in [-0.4, -0.2) is 43.5 Å². The van der Waals surface area contributed by atoms with Crippen molar-refractivity contribution in [2.75, 3.05) is 26.2 Å². The predicted molar refractivity (Wildman–Crippen MR) is 76.7 cm³/mol. The van der Waals surface area contributed by atoms with Gasteiger partial charge < -0.3 is 10.2 Å². The van der Waals surface area contributed by atoms with Crippen LogP contribution in [0.3, 0.4) is 0 Å². The first-order valence-corrected chi connectivity index (χ1v) is 7.54. The zero-order valence-corrected chi connectivity index (χ0v) is 12.9. The lowest BCUT2D eigenvalue weighted by atomic mass is 9.80. The summed E-state index contributed by atoms with van der Waals surface area (Å²) in [6.07, 6.45) is 1.08. The molecule has 0 aromatic carbocycles. The molecule has 0 aromatic rings. The van der Waals surface area contributed by atoms with E-state index >= 15 is 0 Å². The Morgan fingerprint density at radius 1 is 1.26 bits per heavy atom. The van der Waals surface area contributed by atoms with E-state index in [4.69, 9.17) is 0 Å². The topological polar surface area (TPSA) is 15.3 Å². The summed E-state index contributed by atoms with van der Waals surface area (Å²) >= 11 is 0. The molecule has 1 aliphatic rings. The Morgan fingerprint density at radius 2 is 1.95 bits per heavy atom. The molecule has 4 heteroatoms. The van der Waals surface area contributed by atoms with Gasteiger partial charge >= 0.3 is 0 Å². The fourth-order valence-electron chi connectivity index (χ4n) is 3.22. The van der Waals surface area contributed by atoms with E-state index < -0.39 is 6.43 Å². The van der Waals surface area contributed by atoms with E-state index in [1.165, 1.54) is 6.42 Å². The summed E-state index contributed by atoms with van der Waals surface area (Å²) < 4.78 is 24.7. The minimum atomic E-state index is -2.25. The summed E-state index contributed by atoms with van der Waals surface area (Å²) in [7, 11) is 0. The molecule has 1 fully saturated rings. The highest BCUT2D eigenvalue weighted by Gasteiger charge is 2.29. The van der Waals surface area contributed by atoms with Gasteiger partial charge in [-0.05, 0) is 37.1 Å². The van der Waals surface area contributed by atoms with Crippen molar-refractivity contribution in [1.29, 1.82) is 0 Å². The Bertz CT molecular complexity index is 251. The maximum atomic E-state index is 12.3. The molecule has 0 saturated carbocycles. The Morgan fingerprint density at radius 3 is 2.47 bits per heavy atom. The van der Waals surface area contributed by atoms with Crippen molar-refractivity contribution in [1.82, 2.24) is 10.2 Å². The monoisotopic (exact) mass is 276 g/mol. The Kier molecular flexibility index (Phi) is 6.67. The molecule has 0 bridgehead atoms. The molecular formula is C15H30F2N2. The smallest absolute Gasteiger partial charge is 0.250 e. The molecule has 1 N–H and O–H groups in total. The Hall–Kier alpha value is -0.220. The lowest BCUT2D eigenvalue weighted by molar-refractivity contribution is 0.0946. The van der Waals surface area contributed by atoms with Crippen LogP contribution in [-0.2, 0) is 0 Å². The molecule has 1 saturated heterocycles. The van der Waals surface area contributed by atoms with Crippen molar-refractivity contribution in [3.63, 3.8) is 0 Å². The molecule has 1 aliphatic heterocycles. The van der Waals surface area contributed by atoms with Crippen molar-refractivity contribution in [2.45, 2.75) is 59.4 Å². The quantitative estimate of drug-likeness (QED) is 0.800. The van der Waals surface area contributed by atoms with E-state index in [-0.39, 0.29) is 12.6 Å². The van der Waals surface area contributed by atoms with Gasteiger partial charge in [0.25, 0.3) is 6.43 Å². The second-order valence-corrected chi connectivity index (χ2v) is 7.12. The largest absolute Gasteiger partial charge is 0.307 e.